The van der Waals surface area contributed by atoms with Gasteiger partial charge in [-0.25, -0.2) is 0 Å². The number of rotatable bonds is 39. The first kappa shape index (κ1) is 49.6. The van der Waals surface area contributed by atoms with Crippen LogP contribution in [0.25, 0.3) is 0 Å². The number of allylic oxidation sites excluding steroid dienone is 10. The third kappa shape index (κ3) is 40.4. The quantitative estimate of drug-likeness (QED) is 0.0388. The minimum Gasteiger partial charge on any atom is -0.462 e. The molecule has 0 fully saturated rings. The Morgan fingerprint density at radius 1 is 0.462 bits per heavy atom. The molecule has 0 saturated heterocycles. The van der Waals surface area contributed by atoms with Crippen molar-refractivity contribution < 1.29 is 24.2 Å². The summed E-state index contributed by atoms with van der Waals surface area (Å²) in [5, 5.41) is 9.58. The lowest BCUT2D eigenvalue weighted by molar-refractivity contribution is -0.161. The van der Waals surface area contributed by atoms with E-state index in [9.17, 15) is 14.7 Å². The average molecular weight is 727 g/mol. The number of carbonyl (C=O) groups excluding carboxylic acids is 2. The lowest BCUT2D eigenvalue weighted by Crippen LogP contribution is -2.28. The van der Waals surface area contributed by atoms with Gasteiger partial charge in [-0.2, -0.15) is 0 Å². The van der Waals surface area contributed by atoms with E-state index in [1.54, 1.807) is 0 Å². The fourth-order valence-corrected chi connectivity index (χ4v) is 6.01. The number of aliphatic hydroxyl groups excluding tert-OH is 1. The maximum Gasteiger partial charge on any atom is 0.306 e. The second kappa shape index (κ2) is 43.0. The molecular weight excluding hydrogens is 645 g/mol. The molecule has 1 atom stereocenters. The van der Waals surface area contributed by atoms with Crippen LogP contribution < -0.4 is 0 Å². The van der Waals surface area contributed by atoms with Crippen molar-refractivity contribution in [1.82, 2.24) is 0 Å². The second-order valence-corrected chi connectivity index (χ2v) is 14.4. The number of ether oxygens (including phenoxy) is 2. The summed E-state index contributed by atoms with van der Waals surface area (Å²) in [5.74, 6) is -0.605. The molecule has 52 heavy (non-hydrogen) atoms. The lowest BCUT2D eigenvalue weighted by Gasteiger charge is -2.15. The van der Waals surface area contributed by atoms with Crippen molar-refractivity contribution in [3.63, 3.8) is 0 Å². The Bertz CT molecular complexity index is 915. The van der Waals surface area contributed by atoms with Crippen LogP contribution in [0, 0.1) is 0 Å². The maximum absolute atomic E-state index is 12.2. The number of hydrogen-bond donors (Lipinski definition) is 1. The summed E-state index contributed by atoms with van der Waals surface area (Å²) in [6, 6.07) is 0. The van der Waals surface area contributed by atoms with E-state index in [0.717, 1.165) is 70.6 Å². The van der Waals surface area contributed by atoms with Gasteiger partial charge in [0.05, 0.1) is 6.61 Å². The third-order valence-corrected chi connectivity index (χ3v) is 9.30. The number of carbonyl (C=O) groups is 2. The highest BCUT2D eigenvalue weighted by Gasteiger charge is 2.16. The molecule has 0 aromatic carbocycles. The first-order valence-electron chi connectivity index (χ1n) is 21.8. The fourth-order valence-electron chi connectivity index (χ4n) is 6.01. The number of esters is 2. The zero-order valence-corrected chi connectivity index (χ0v) is 34.1. The van der Waals surface area contributed by atoms with Gasteiger partial charge in [-0.05, 0) is 77.0 Å². The van der Waals surface area contributed by atoms with Gasteiger partial charge in [0, 0.05) is 12.8 Å². The van der Waals surface area contributed by atoms with Gasteiger partial charge >= 0.3 is 11.9 Å². The molecule has 0 aliphatic rings. The van der Waals surface area contributed by atoms with Crippen molar-refractivity contribution in [2.24, 2.45) is 0 Å². The predicted molar refractivity (Wildman–Crippen MR) is 223 cm³/mol. The number of unbranched alkanes of at least 4 members (excludes halogenated alkanes) is 21. The summed E-state index contributed by atoms with van der Waals surface area (Å²) in [7, 11) is 0. The van der Waals surface area contributed by atoms with E-state index in [-0.39, 0.29) is 25.2 Å². The Morgan fingerprint density at radius 3 is 1.27 bits per heavy atom. The van der Waals surface area contributed by atoms with E-state index >= 15 is 0 Å². The van der Waals surface area contributed by atoms with Crippen molar-refractivity contribution >= 4 is 11.9 Å². The highest BCUT2D eigenvalue weighted by molar-refractivity contribution is 5.70. The van der Waals surface area contributed by atoms with Crippen LogP contribution in [-0.4, -0.2) is 36.4 Å². The molecule has 0 spiro atoms. The SMILES string of the molecule is CC/C=C\C/C=C\C/C=C\C/C=C\CCCCCCCCCCCCC(=O)OC(CO)COC(=O)CCCCCCC/C=C\CCCCCCCC. The maximum atomic E-state index is 12.2. The fraction of sp³-hybridized carbons (Fsp3) is 0.745. The van der Waals surface area contributed by atoms with Crippen molar-refractivity contribution in [3.05, 3.63) is 60.8 Å². The van der Waals surface area contributed by atoms with Gasteiger partial charge in [-0.15, -0.1) is 0 Å². The minimum absolute atomic E-state index is 0.0728. The van der Waals surface area contributed by atoms with Crippen LogP contribution in [0.3, 0.4) is 0 Å². The number of hydrogen-bond acceptors (Lipinski definition) is 5. The molecular formula is C47H82O5. The summed E-state index contributed by atoms with van der Waals surface area (Å²) in [6.45, 7) is 4.01. The van der Waals surface area contributed by atoms with Gasteiger partial charge in [-0.3, -0.25) is 9.59 Å². The van der Waals surface area contributed by atoms with Crippen LogP contribution in [0.5, 0.6) is 0 Å². The largest absolute Gasteiger partial charge is 0.462 e. The highest BCUT2D eigenvalue weighted by Crippen LogP contribution is 2.14. The predicted octanol–water partition coefficient (Wildman–Crippen LogP) is 14.0. The Hall–Kier alpha value is -2.40. The molecule has 0 amide bonds. The molecule has 0 rings (SSSR count). The van der Waals surface area contributed by atoms with Crippen LogP contribution in [0.15, 0.2) is 60.8 Å². The molecule has 0 aliphatic heterocycles. The topological polar surface area (TPSA) is 72.8 Å². The summed E-state index contributed by atoms with van der Waals surface area (Å²) in [5.41, 5.74) is 0. The van der Waals surface area contributed by atoms with E-state index in [2.05, 4.69) is 74.6 Å². The van der Waals surface area contributed by atoms with Crippen molar-refractivity contribution in [1.29, 1.82) is 0 Å². The Morgan fingerprint density at radius 2 is 0.827 bits per heavy atom. The molecule has 0 radical (unpaired) electrons. The molecule has 0 bridgehead atoms. The van der Waals surface area contributed by atoms with Crippen LogP contribution in [-0.2, 0) is 19.1 Å². The smallest absolute Gasteiger partial charge is 0.306 e. The third-order valence-electron chi connectivity index (χ3n) is 9.30. The molecule has 0 aliphatic carbocycles. The molecule has 5 nitrogen and oxygen atoms in total. The van der Waals surface area contributed by atoms with Gasteiger partial charge in [-0.1, -0.05) is 177 Å². The van der Waals surface area contributed by atoms with E-state index < -0.39 is 6.10 Å². The molecule has 0 heterocycles. The minimum atomic E-state index is -0.778. The van der Waals surface area contributed by atoms with Crippen LogP contribution in [0.2, 0.25) is 0 Å². The van der Waals surface area contributed by atoms with Gasteiger partial charge in [0.15, 0.2) is 6.10 Å². The molecule has 0 aromatic heterocycles. The van der Waals surface area contributed by atoms with E-state index in [0.29, 0.717) is 12.8 Å². The van der Waals surface area contributed by atoms with Crippen molar-refractivity contribution in [2.45, 2.75) is 213 Å². The summed E-state index contributed by atoms with van der Waals surface area (Å²) in [4.78, 5) is 24.3. The van der Waals surface area contributed by atoms with E-state index in [1.165, 1.54) is 109 Å². The van der Waals surface area contributed by atoms with Gasteiger partial charge in [0.1, 0.15) is 6.61 Å². The zero-order valence-electron chi connectivity index (χ0n) is 34.1. The van der Waals surface area contributed by atoms with Crippen LogP contribution >= 0.6 is 0 Å². The molecule has 1 unspecified atom stereocenters. The number of aliphatic hydroxyl groups is 1. The molecule has 0 aromatic rings. The zero-order chi connectivity index (χ0) is 37.8. The Balaban J connectivity index is 3.55. The summed E-state index contributed by atoms with van der Waals surface area (Å²) >= 11 is 0. The van der Waals surface area contributed by atoms with Gasteiger partial charge in [0.25, 0.3) is 0 Å². The van der Waals surface area contributed by atoms with E-state index in [4.69, 9.17) is 9.47 Å². The normalized spacial score (nSPS) is 12.8. The van der Waals surface area contributed by atoms with E-state index in [1.807, 2.05) is 0 Å². The Labute approximate surface area is 321 Å². The monoisotopic (exact) mass is 727 g/mol. The van der Waals surface area contributed by atoms with Gasteiger partial charge < -0.3 is 14.6 Å². The second-order valence-electron chi connectivity index (χ2n) is 14.4. The summed E-state index contributed by atoms with van der Waals surface area (Å²) < 4.78 is 10.6. The summed E-state index contributed by atoms with van der Waals surface area (Å²) in [6.07, 6.45) is 55.7. The van der Waals surface area contributed by atoms with Crippen LogP contribution in [0.1, 0.15) is 206 Å². The molecule has 300 valence electrons. The average Bonchev–Trinajstić information content (AvgIpc) is 3.15. The molecule has 0 saturated carbocycles. The van der Waals surface area contributed by atoms with Crippen molar-refractivity contribution in [3.8, 4) is 0 Å². The first-order chi connectivity index (χ1) is 25.6. The first-order valence-corrected chi connectivity index (χ1v) is 21.8. The van der Waals surface area contributed by atoms with Gasteiger partial charge in [0.2, 0.25) is 0 Å². The van der Waals surface area contributed by atoms with Crippen molar-refractivity contribution in [2.75, 3.05) is 13.2 Å². The molecule has 5 heteroatoms. The standard InChI is InChI=1S/C47H82O5/c1-3-5-7-9-11-13-15-17-19-20-21-22-23-24-25-26-28-30-32-34-36-38-40-42-47(50)52-45(43-48)44-51-46(49)41-39-37-35-33-31-29-27-18-16-14-12-10-8-6-4-2/h5,7,11,13,17-19,21-22,27,45,48H,3-4,6,8-10,12,14-16,20,23-26,28-44H2,1-2H3/b7-5-,13-11-,19-17-,22-21-,27-18-. The Kier molecular flexibility index (Phi) is 41.0. The highest BCUT2D eigenvalue weighted by atomic mass is 16.6. The molecule has 1 N–H and O–H groups in total. The lowest BCUT2D eigenvalue weighted by atomic mass is 10.0. The van der Waals surface area contributed by atoms with Crippen LogP contribution in [0.4, 0.5) is 0 Å².